The summed E-state index contributed by atoms with van der Waals surface area (Å²) in [6.07, 6.45) is 4.80. The molecule has 5 nitrogen and oxygen atoms in total. The standard InChI is InChI=1S/C21H28FN3O2/c22-17-5-1-13(2-6-17)12-24-20(26)14-7-9-25(10-8-14)21(27)18-15-3-4-16(11-15)19(18)23/h1-2,5-6,14-16,18-19H,3-4,7-12,23H2,(H,24,26). The SMILES string of the molecule is NC1C2CCC(C2)C1C(=O)N1CCC(C(=O)NCc2ccc(F)cc2)CC1. The number of nitrogens with zero attached hydrogens (tertiary/aromatic N) is 1. The van der Waals surface area contributed by atoms with Gasteiger partial charge in [0, 0.05) is 31.6 Å². The third kappa shape index (κ3) is 3.72. The molecule has 1 aromatic carbocycles. The second kappa shape index (κ2) is 7.58. The second-order valence-electron chi connectivity index (χ2n) is 8.38. The van der Waals surface area contributed by atoms with Crippen LogP contribution in [0.4, 0.5) is 4.39 Å². The van der Waals surface area contributed by atoms with Crippen LogP contribution in [0.25, 0.3) is 0 Å². The van der Waals surface area contributed by atoms with E-state index in [0.717, 1.165) is 18.4 Å². The highest BCUT2D eigenvalue weighted by Crippen LogP contribution is 2.48. The molecule has 27 heavy (non-hydrogen) atoms. The van der Waals surface area contributed by atoms with E-state index in [1.807, 2.05) is 4.90 Å². The number of fused-ring (bicyclic) bond motifs is 2. The van der Waals surface area contributed by atoms with Crippen LogP contribution in [0, 0.1) is 29.5 Å². The molecule has 1 aliphatic heterocycles. The molecule has 0 aromatic heterocycles. The van der Waals surface area contributed by atoms with Crippen LogP contribution >= 0.6 is 0 Å². The van der Waals surface area contributed by atoms with Gasteiger partial charge in [0.15, 0.2) is 0 Å². The normalized spacial score (nSPS) is 30.5. The molecule has 0 radical (unpaired) electrons. The molecule has 1 heterocycles. The lowest BCUT2D eigenvalue weighted by atomic mass is 9.83. The van der Waals surface area contributed by atoms with Crippen LogP contribution in [0.1, 0.15) is 37.7 Å². The molecule has 2 bridgehead atoms. The van der Waals surface area contributed by atoms with Crippen molar-refractivity contribution in [1.29, 1.82) is 0 Å². The van der Waals surface area contributed by atoms with Gasteiger partial charge in [-0.3, -0.25) is 9.59 Å². The van der Waals surface area contributed by atoms with Gasteiger partial charge in [0.1, 0.15) is 5.82 Å². The fourth-order valence-electron chi connectivity index (χ4n) is 5.21. The Kier molecular flexibility index (Phi) is 5.17. The number of likely N-dealkylation sites (tertiary alicyclic amines) is 1. The van der Waals surface area contributed by atoms with E-state index in [1.165, 1.54) is 18.6 Å². The highest BCUT2D eigenvalue weighted by Gasteiger charge is 2.50. The van der Waals surface area contributed by atoms with Crippen LogP contribution in [0.5, 0.6) is 0 Å². The van der Waals surface area contributed by atoms with Gasteiger partial charge >= 0.3 is 0 Å². The van der Waals surface area contributed by atoms with Crippen molar-refractivity contribution in [3.8, 4) is 0 Å². The molecule has 3 N–H and O–H groups in total. The van der Waals surface area contributed by atoms with Crippen LogP contribution in [0.2, 0.25) is 0 Å². The molecule has 4 unspecified atom stereocenters. The first kappa shape index (κ1) is 18.4. The van der Waals surface area contributed by atoms with Gasteiger partial charge < -0.3 is 16.0 Å². The average Bonchev–Trinajstić information content (AvgIpc) is 3.28. The highest BCUT2D eigenvalue weighted by molar-refractivity contribution is 5.82. The van der Waals surface area contributed by atoms with Crippen LogP contribution in [0.15, 0.2) is 24.3 Å². The lowest BCUT2D eigenvalue weighted by Gasteiger charge is -2.36. The first-order valence-corrected chi connectivity index (χ1v) is 10.1. The van der Waals surface area contributed by atoms with Crippen LogP contribution < -0.4 is 11.1 Å². The molecule has 1 saturated heterocycles. The minimum absolute atomic E-state index is 0.00685. The van der Waals surface area contributed by atoms with E-state index in [-0.39, 0.29) is 35.5 Å². The maximum Gasteiger partial charge on any atom is 0.227 e. The summed E-state index contributed by atoms with van der Waals surface area (Å²) in [5.74, 6) is 0.865. The molecular formula is C21H28FN3O2. The van der Waals surface area contributed by atoms with Crippen LogP contribution in [-0.4, -0.2) is 35.8 Å². The van der Waals surface area contributed by atoms with Crippen molar-refractivity contribution >= 4 is 11.8 Å². The minimum Gasteiger partial charge on any atom is -0.352 e. The van der Waals surface area contributed by atoms with E-state index in [1.54, 1.807) is 12.1 Å². The minimum atomic E-state index is -0.280. The molecule has 4 atom stereocenters. The summed E-state index contributed by atoms with van der Waals surface area (Å²) < 4.78 is 12.9. The number of rotatable bonds is 4. The third-order valence-electron chi connectivity index (χ3n) is 6.82. The monoisotopic (exact) mass is 373 g/mol. The van der Waals surface area contributed by atoms with Crippen molar-refractivity contribution in [2.75, 3.05) is 13.1 Å². The first-order chi connectivity index (χ1) is 13.0. The highest BCUT2D eigenvalue weighted by atomic mass is 19.1. The van der Waals surface area contributed by atoms with E-state index in [0.29, 0.717) is 44.3 Å². The van der Waals surface area contributed by atoms with Crippen molar-refractivity contribution in [2.45, 2.75) is 44.7 Å². The fourth-order valence-corrected chi connectivity index (χ4v) is 5.21. The Balaban J connectivity index is 1.25. The van der Waals surface area contributed by atoms with Crippen molar-refractivity contribution < 1.29 is 14.0 Å². The van der Waals surface area contributed by atoms with E-state index in [9.17, 15) is 14.0 Å². The van der Waals surface area contributed by atoms with Gasteiger partial charge in [0.25, 0.3) is 0 Å². The van der Waals surface area contributed by atoms with E-state index < -0.39 is 0 Å². The molecular weight excluding hydrogens is 345 g/mol. The molecule has 2 saturated carbocycles. The summed E-state index contributed by atoms with van der Waals surface area (Å²) in [6.45, 7) is 1.67. The number of amides is 2. The molecule has 2 amide bonds. The predicted octanol–water partition coefficient (Wildman–Crippen LogP) is 2.05. The molecule has 2 aliphatic carbocycles. The molecule has 1 aromatic rings. The van der Waals surface area contributed by atoms with Gasteiger partial charge in [-0.15, -0.1) is 0 Å². The lowest BCUT2D eigenvalue weighted by molar-refractivity contribution is -0.141. The second-order valence-corrected chi connectivity index (χ2v) is 8.38. The number of hydrogen-bond acceptors (Lipinski definition) is 3. The number of hydrogen-bond donors (Lipinski definition) is 2. The molecule has 6 heteroatoms. The van der Waals surface area contributed by atoms with Crippen molar-refractivity contribution in [1.82, 2.24) is 10.2 Å². The zero-order valence-corrected chi connectivity index (χ0v) is 15.6. The summed E-state index contributed by atoms with van der Waals surface area (Å²) in [4.78, 5) is 27.3. The van der Waals surface area contributed by atoms with Crippen molar-refractivity contribution in [2.24, 2.45) is 29.4 Å². The Morgan fingerprint density at radius 2 is 1.74 bits per heavy atom. The lowest BCUT2D eigenvalue weighted by Crippen LogP contribution is -2.50. The van der Waals surface area contributed by atoms with Gasteiger partial charge in [-0.1, -0.05) is 12.1 Å². The summed E-state index contributed by atoms with van der Waals surface area (Å²) in [7, 11) is 0. The number of halogens is 1. The quantitative estimate of drug-likeness (QED) is 0.848. The maximum absolute atomic E-state index is 12.9. The first-order valence-electron chi connectivity index (χ1n) is 10.1. The number of nitrogens with two attached hydrogens (primary N) is 1. The third-order valence-corrected chi connectivity index (χ3v) is 6.82. The van der Waals surface area contributed by atoms with Crippen LogP contribution in [0.3, 0.4) is 0 Å². The molecule has 3 fully saturated rings. The van der Waals surface area contributed by atoms with Gasteiger partial charge in [-0.05, 0) is 61.6 Å². The average molecular weight is 373 g/mol. The Hall–Kier alpha value is -1.95. The summed E-state index contributed by atoms with van der Waals surface area (Å²) in [5.41, 5.74) is 7.19. The number of carbonyl (C=O) groups is 2. The van der Waals surface area contributed by atoms with Gasteiger partial charge in [0.2, 0.25) is 11.8 Å². The smallest absolute Gasteiger partial charge is 0.227 e. The topological polar surface area (TPSA) is 75.4 Å². The molecule has 4 rings (SSSR count). The summed E-state index contributed by atoms with van der Waals surface area (Å²) >= 11 is 0. The molecule has 0 spiro atoms. The zero-order valence-electron chi connectivity index (χ0n) is 15.6. The zero-order chi connectivity index (χ0) is 19.0. The van der Waals surface area contributed by atoms with Crippen molar-refractivity contribution in [3.05, 3.63) is 35.6 Å². The largest absolute Gasteiger partial charge is 0.352 e. The van der Waals surface area contributed by atoms with Crippen LogP contribution in [-0.2, 0) is 16.1 Å². The van der Waals surface area contributed by atoms with Crippen molar-refractivity contribution in [3.63, 3.8) is 0 Å². The van der Waals surface area contributed by atoms with Gasteiger partial charge in [0.05, 0.1) is 5.92 Å². The molecule has 3 aliphatic rings. The predicted molar refractivity (Wildman–Crippen MR) is 99.8 cm³/mol. The number of benzene rings is 1. The maximum atomic E-state index is 12.9. The Labute approximate surface area is 159 Å². The van der Waals surface area contributed by atoms with Gasteiger partial charge in [-0.25, -0.2) is 4.39 Å². The Morgan fingerprint density at radius 1 is 1.07 bits per heavy atom. The van der Waals surface area contributed by atoms with E-state index >= 15 is 0 Å². The summed E-state index contributed by atoms with van der Waals surface area (Å²) in [6, 6.07) is 6.16. The molecule has 146 valence electrons. The number of nitrogens with one attached hydrogen (secondary N) is 1. The van der Waals surface area contributed by atoms with E-state index in [4.69, 9.17) is 5.73 Å². The fraction of sp³-hybridized carbons (Fsp3) is 0.619. The van der Waals surface area contributed by atoms with Gasteiger partial charge in [-0.2, -0.15) is 0 Å². The number of carbonyl (C=O) groups excluding carboxylic acids is 2. The number of piperidine rings is 1. The Morgan fingerprint density at radius 3 is 2.37 bits per heavy atom. The Bertz CT molecular complexity index is 698. The van der Waals surface area contributed by atoms with E-state index in [2.05, 4.69) is 5.32 Å². The summed E-state index contributed by atoms with van der Waals surface area (Å²) in [5, 5.41) is 2.93.